The summed E-state index contributed by atoms with van der Waals surface area (Å²) in [5, 5.41) is 6.32. The number of nitrogens with zero attached hydrogens (tertiary/aromatic N) is 2. The number of hydrogen-bond donors (Lipinski definition) is 2. The molecular weight excluding hydrogens is 284 g/mol. The van der Waals surface area contributed by atoms with Gasteiger partial charge in [-0.25, -0.2) is 4.98 Å². The lowest BCUT2D eigenvalue weighted by molar-refractivity contribution is -0.116. The highest BCUT2D eigenvalue weighted by Crippen LogP contribution is 2.19. The number of carbonyl (C=O) groups is 1. The van der Waals surface area contributed by atoms with E-state index >= 15 is 0 Å². The molecule has 2 fully saturated rings. The molecule has 1 atom stereocenters. The third-order valence-electron chi connectivity index (χ3n) is 3.89. The molecule has 6 heteroatoms. The Balaban J connectivity index is 1.50. The lowest BCUT2D eigenvalue weighted by Crippen LogP contribution is -2.39. The van der Waals surface area contributed by atoms with Crippen molar-refractivity contribution < 1.29 is 4.79 Å². The zero-order chi connectivity index (χ0) is 14.5. The van der Waals surface area contributed by atoms with Gasteiger partial charge in [-0.05, 0) is 25.0 Å². The summed E-state index contributed by atoms with van der Waals surface area (Å²) in [6.07, 6.45) is 4.77. The number of nitrogens with one attached hydrogen (secondary N) is 2. The molecule has 0 aromatic carbocycles. The second-order valence-corrected chi connectivity index (χ2v) is 6.73. The predicted molar refractivity (Wildman–Crippen MR) is 88.0 cm³/mol. The van der Waals surface area contributed by atoms with E-state index in [1.54, 1.807) is 6.20 Å². The third kappa shape index (κ3) is 4.11. The monoisotopic (exact) mass is 306 g/mol. The Kier molecular flexibility index (Phi) is 4.98. The molecule has 1 amide bonds. The Hall–Kier alpha value is -1.27. The Labute approximate surface area is 129 Å². The first kappa shape index (κ1) is 14.7. The topological polar surface area (TPSA) is 57.3 Å². The first-order chi connectivity index (χ1) is 10.3. The van der Waals surface area contributed by atoms with Crippen LogP contribution < -0.4 is 15.5 Å². The van der Waals surface area contributed by atoms with Gasteiger partial charge in [-0.3, -0.25) is 4.79 Å². The van der Waals surface area contributed by atoms with Gasteiger partial charge in [-0.15, -0.1) is 0 Å². The summed E-state index contributed by atoms with van der Waals surface area (Å²) in [6.45, 7) is 3.17. The van der Waals surface area contributed by atoms with E-state index in [1.807, 2.05) is 23.9 Å². The van der Waals surface area contributed by atoms with Gasteiger partial charge in [0.1, 0.15) is 5.82 Å². The van der Waals surface area contributed by atoms with Gasteiger partial charge in [-0.2, -0.15) is 11.8 Å². The van der Waals surface area contributed by atoms with Gasteiger partial charge in [0.25, 0.3) is 0 Å². The lowest BCUT2D eigenvalue weighted by atomic mass is 10.2. The zero-order valence-electron chi connectivity index (χ0n) is 12.2. The summed E-state index contributed by atoms with van der Waals surface area (Å²) in [6, 6.07) is 4.23. The summed E-state index contributed by atoms with van der Waals surface area (Å²) >= 11 is 1.91. The van der Waals surface area contributed by atoms with Crippen LogP contribution in [0.1, 0.15) is 19.3 Å². The van der Waals surface area contributed by atoms with E-state index in [1.165, 1.54) is 12.8 Å². The highest BCUT2D eigenvalue weighted by atomic mass is 32.2. The second-order valence-electron chi connectivity index (χ2n) is 5.58. The van der Waals surface area contributed by atoms with Crippen molar-refractivity contribution in [3.05, 3.63) is 18.3 Å². The highest BCUT2D eigenvalue weighted by molar-refractivity contribution is 7.99. The summed E-state index contributed by atoms with van der Waals surface area (Å²) in [5.74, 6) is 3.22. The van der Waals surface area contributed by atoms with Gasteiger partial charge < -0.3 is 15.5 Å². The maximum Gasteiger partial charge on any atom is 0.226 e. The molecule has 3 rings (SSSR count). The molecule has 0 spiro atoms. The summed E-state index contributed by atoms with van der Waals surface area (Å²) < 4.78 is 0. The Morgan fingerprint density at radius 3 is 2.95 bits per heavy atom. The maximum atomic E-state index is 12.0. The molecule has 21 heavy (non-hydrogen) atoms. The predicted octanol–water partition coefficient (Wildman–Crippen LogP) is 1.72. The maximum absolute atomic E-state index is 12.0. The molecule has 3 heterocycles. The standard InChI is InChI=1S/C15H22N4OS/c20-15(9-13-11-21-8-5-16-13)18-12-3-4-14(17-10-12)19-6-1-2-7-19/h3-4,10,13,16H,1-2,5-9,11H2,(H,18,20). The van der Waals surface area contributed by atoms with Gasteiger partial charge in [0.05, 0.1) is 11.9 Å². The lowest BCUT2D eigenvalue weighted by Gasteiger charge is -2.22. The number of hydrogen-bond acceptors (Lipinski definition) is 5. The number of aromatic nitrogens is 1. The molecule has 114 valence electrons. The first-order valence-electron chi connectivity index (χ1n) is 7.63. The normalized spacial score (nSPS) is 22.3. The van der Waals surface area contributed by atoms with Crippen LogP contribution in [0, 0.1) is 0 Å². The number of thioether (sulfide) groups is 1. The van der Waals surface area contributed by atoms with Crippen molar-refractivity contribution in [2.45, 2.75) is 25.3 Å². The van der Waals surface area contributed by atoms with Gasteiger partial charge >= 0.3 is 0 Å². The fourth-order valence-electron chi connectivity index (χ4n) is 2.78. The van der Waals surface area contributed by atoms with Crippen molar-refractivity contribution >= 4 is 29.2 Å². The molecule has 1 aromatic rings. The molecule has 0 bridgehead atoms. The van der Waals surface area contributed by atoms with Crippen LogP contribution in [0.5, 0.6) is 0 Å². The molecule has 0 saturated carbocycles. The van der Waals surface area contributed by atoms with Crippen LogP contribution >= 0.6 is 11.8 Å². The van der Waals surface area contributed by atoms with Crippen molar-refractivity contribution in [3.63, 3.8) is 0 Å². The largest absolute Gasteiger partial charge is 0.357 e. The molecule has 2 saturated heterocycles. The van der Waals surface area contributed by atoms with Crippen LogP contribution in [-0.4, -0.2) is 48.1 Å². The molecule has 2 aliphatic rings. The minimum atomic E-state index is 0.0609. The van der Waals surface area contributed by atoms with Gasteiger partial charge in [0, 0.05) is 43.6 Å². The molecule has 1 unspecified atom stereocenters. The summed E-state index contributed by atoms with van der Waals surface area (Å²) in [4.78, 5) is 18.8. The van der Waals surface area contributed by atoms with E-state index in [9.17, 15) is 4.79 Å². The molecule has 2 N–H and O–H groups in total. The minimum Gasteiger partial charge on any atom is -0.357 e. The number of anilines is 2. The van der Waals surface area contributed by atoms with Crippen molar-refractivity contribution in [2.24, 2.45) is 0 Å². The smallest absolute Gasteiger partial charge is 0.226 e. The number of amides is 1. The fraction of sp³-hybridized carbons (Fsp3) is 0.600. The third-order valence-corrected chi connectivity index (χ3v) is 5.02. The van der Waals surface area contributed by atoms with E-state index in [0.29, 0.717) is 12.5 Å². The van der Waals surface area contributed by atoms with Crippen molar-refractivity contribution in [1.29, 1.82) is 0 Å². The Morgan fingerprint density at radius 1 is 1.43 bits per heavy atom. The van der Waals surface area contributed by atoms with E-state index in [4.69, 9.17) is 0 Å². The molecular formula is C15H22N4OS. The Bertz CT molecular complexity index is 467. The van der Waals surface area contributed by atoms with E-state index in [0.717, 1.165) is 42.6 Å². The van der Waals surface area contributed by atoms with E-state index < -0.39 is 0 Å². The fourth-order valence-corrected chi connectivity index (χ4v) is 3.73. The molecule has 2 aliphatic heterocycles. The van der Waals surface area contributed by atoms with Crippen LogP contribution in [0.25, 0.3) is 0 Å². The average molecular weight is 306 g/mol. The van der Waals surface area contributed by atoms with Crippen LogP contribution in [0.15, 0.2) is 18.3 Å². The number of rotatable bonds is 4. The first-order valence-corrected chi connectivity index (χ1v) is 8.79. The van der Waals surface area contributed by atoms with Crippen LogP contribution in [0.4, 0.5) is 11.5 Å². The number of carbonyl (C=O) groups excluding carboxylic acids is 1. The molecule has 0 radical (unpaired) electrons. The Morgan fingerprint density at radius 2 is 2.29 bits per heavy atom. The molecule has 0 aliphatic carbocycles. The van der Waals surface area contributed by atoms with Crippen LogP contribution in [0.2, 0.25) is 0 Å². The summed E-state index contributed by atoms with van der Waals surface area (Å²) in [7, 11) is 0. The van der Waals surface area contributed by atoms with Gasteiger partial charge in [0.2, 0.25) is 5.91 Å². The quantitative estimate of drug-likeness (QED) is 0.887. The van der Waals surface area contributed by atoms with Gasteiger partial charge in [-0.1, -0.05) is 0 Å². The SMILES string of the molecule is O=C(CC1CSCCN1)Nc1ccc(N2CCCC2)nc1. The van der Waals surface area contributed by atoms with E-state index in [-0.39, 0.29) is 5.91 Å². The van der Waals surface area contributed by atoms with Crippen LogP contribution in [-0.2, 0) is 4.79 Å². The van der Waals surface area contributed by atoms with Crippen molar-refractivity contribution in [3.8, 4) is 0 Å². The minimum absolute atomic E-state index is 0.0609. The number of pyridine rings is 1. The summed E-state index contributed by atoms with van der Waals surface area (Å²) in [5.41, 5.74) is 0.784. The highest BCUT2D eigenvalue weighted by Gasteiger charge is 2.17. The van der Waals surface area contributed by atoms with Gasteiger partial charge in [0.15, 0.2) is 0 Å². The zero-order valence-corrected chi connectivity index (χ0v) is 13.0. The van der Waals surface area contributed by atoms with Crippen molar-refractivity contribution in [1.82, 2.24) is 10.3 Å². The molecule has 1 aromatic heterocycles. The average Bonchev–Trinajstić information content (AvgIpc) is 3.03. The molecule has 5 nitrogen and oxygen atoms in total. The second kappa shape index (κ2) is 7.13. The van der Waals surface area contributed by atoms with Crippen molar-refractivity contribution in [2.75, 3.05) is 41.4 Å². The van der Waals surface area contributed by atoms with Crippen LogP contribution in [0.3, 0.4) is 0 Å². The van der Waals surface area contributed by atoms with E-state index in [2.05, 4.69) is 20.5 Å².